The summed E-state index contributed by atoms with van der Waals surface area (Å²) in [5.74, 6) is 1.28. The molecule has 3 rings (SSSR count). The second kappa shape index (κ2) is 5.74. The predicted octanol–water partition coefficient (Wildman–Crippen LogP) is 4.17. The summed E-state index contributed by atoms with van der Waals surface area (Å²) in [7, 11) is 0. The average molecular weight is 286 g/mol. The van der Waals surface area contributed by atoms with Crippen LogP contribution in [-0.2, 0) is 0 Å². The molecular weight excluding hydrogens is 264 g/mol. The topological polar surface area (TPSA) is 24.9 Å². The van der Waals surface area contributed by atoms with Crippen molar-refractivity contribution in [1.29, 1.82) is 0 Å². The molecule has 20 heavy (non-hydrogen) atoms. The lowest BCUT2D eigenvalue weighted by molar-refractivity contribution is 0.421. The van der Waals surface area contributed by atoms with E-state index in [1.54, 1.807) is 0 Å². The maximum Gasteiger partial charge on any atom is 0.0702 e. The van der Waals surface area contributed by atoms with E-state index in [0.29, 0.717) is 10.8 Å². The van der Waals surface area contributed by atoms with Gasteiger partial charge in [-0.1, -0.05) is 25.1 Å². The molecule has 0 amide bonds. The summed E-state index contributed by atoms with van der Waals surface area (Å²) >= 11 is 2.10. The van der Waals surface area contributed by atoms with Gasteiger partial charge < -0.3 is 5.32 Å². The van der Waals surface area contributed by atoms with E-state index < -0.39 is 0 Å². The zero-order valence-electron chi connectivity index (χ0n) is 12.2. The summed E-state index contributed by atoms with van der Waals surface area (Å²) in [5, 5.41) is 4.92. The van der Waals surface area contributed by atoms with Crippen molar-refractivity contribution in [2.45, 2.75) is 37.5 Å². The van der Waals surface area contributed by atoms with E-state index in [1.807, 2.05) is 6.07 Å². The number of pyridine rings is 1. The van der Waals surface area contributed by atoms with Crippen LogP contribution in [0.1, 0.15) is 38.3 Å². The van der Waals surface area contributed by atoms with E-state index in [0.717, 1.165) is 12.1 Å². The predicted molar refractivity (Wildman–Crippen MR) is 88.3 cm³/mol. The second-order valence-electron chi connectivity index (χ2n) is 5.72. The van der Waals surface area contributed by atoms with Crippen LogP contribution in [0, 0.1) is 0 Å². The molecule has 0 radical (unpaired) electrons. The van der Waals surface area contributed by atoms with Crippen LogP contribution in [0.15, 0.2) is 36.5 Å². The van der Waals surface area contributed by atoms with E-state index in [9.17, 15) is 0 Å². The second-order valence-corrected chi connectivity index (χ2v) is 7.35. The Hall–Kier alpha value is -1.06. The number of thioether (sulfide) groups is 1. The number of aromatic nitrogens is 1. The molecule has 1 aliphatic rings. The van der Waals surface area contributed by atoms with Crippen molar-refractivity contribution in [2.24, 2.45) is 0 Å². The van der Waals surface area contributed by atoms with Crippen LogP contribution >= 0.6 is 11.8 Å². The maximum absolute atomic E-state index is 4.64. The molecule has 0 bridgehead atoms. The van der Waals surface area contributed by atoms with E-state index >= 15 is 0 Å². The third-order valence-electron chi connectivity index (χ3n) is 4.21. The highest BCUT2D eigenvalue weighted by Crippen LogP contribution is 2.46. The average Bonchev–Trinajstić information content (AvgIpc) is 2.92. The maximum atomic E-state index is 4.64. The molecule has 1 saturated heterocycles. The molecule has 1 aromatic heterocycles. The van der Waals surface area contributed by atoms with E-state index in [2.05, 4.69) is 66.4 Å². The molecule has 1 N–H and O–H groups in total. The lowest BCUT2D eigenvalue weighted by Gasteiger charge is -2.34. The Morgan fingerprint density at radius 2 is 2.25 bits per heavy atom. The van der Waals surface area contributed by atoms with Gasteiger partial charge in [-0.15, -0.1) is 0 Å². The lowest BCUT2D eigenvalue weighted by Crippen LogP contribution is -2.37. The zero-order chi connectivity index (χ0) is 14.0. The first-order chi connectivity index (χ1) is 9.73. The van der Waals surface area contributed by atoms with Gasteiger partial charge in [0.25, 0.3) is 0 Å². The van der Waals surface area contributed by atoms with Gasteiger partial charge in [0.1, 0.15) is 0 Å². The third kappa shape index (κ3) is 2.57. The summed E-state index contributed by atoms with van der Waals surface area (Å²) in [4.78, 5) is 4.64. The Bertz CT molecular complexity index is 590. The highest BCUT2D eigenvalue weighted by atomic mass is 32.2. The van der Waals surface area contributed by atoms with Gasteiger partial charge in [0.2, 0.25) is 0 Å². The van der Waals surface area contributed by atoms with Gasteiger partial charge in [0, 0.05) is 22.4 Å². The van der Waals surface area contributed by atoms with Crippen molar-refractivity contribution in [3.8, 4) is 0 Å². The van der Waals surface area contributed by atoms with Crippen LogP contribution in [0.3, 0.4) is 0 Å². The zero-order valence-corrected chi connectivity index (χ0v) is 13.0. The summed E-state index contributed by atoms with van der Waals surface area (Å²) < 4.78 is 0.292. The molecule has 0 spiro atoms. The fourth-order valence-electron chi connectivity index (χ4n) is 3.16. The number of hydrogen-bond donors (Lipinski definition) is 1. The van der Waals surface area contributed by atoms with Crippen molar-refractivity contribution in [1.82, 2.24) is 10.3 Å². The minimum absolute atomic E-state index is 0.292. The molecule has 0 aliphatic carbocycles. The fraction of sp³-hybridized carbons (Fsp3) is 0.471. The lowest BCUT2D eigenvalue weighted by atomic mass is 9.90. The Morgan fingerprint density at radius 3 is 3.00 bits per heavy atom. The van der Waals surface area contributed by atoms with Gasteiger partial charge in [0.15, 0.2) is 0 Å². The van der Waals surface area contributed by atoms with Gasteiger partial charge >= 0.3 is 0 Å². The summed E-state index contributed by atoms with van der Waals surface area (Å²) in [6.07, 6.45) is 4.66. The van der Waals surface area contributed by atoms with Crippen molar-refractivity contribution >= 4 is 22.7 Å². The van der Waals surface area contributed by atoms with Gasteiger partial charge in [0.05, 0.1) is 5.52 Å². The molecule has 2 unspecified atom stereocenters. The molecule has 1 aliphatic heterocycles. The Morgan fingerprint density at radius 1 is 1.40 bits per heavy atom. The number of nitrogens with zero attached hydrogens (tertiary/aromatic N) is 1. The molecule has 2 atom stereocenters. The highest BCUT2D eigenvalue weighted by Gasteiger charge is 2.38. The molecule has 1 aromatic carbocycles. The summed E-state index contributed by atoms with van der Waals surface area (Å²) in [6, 6.07) is 11.1. The number of fused-ring (bicyclic) bond motifs is 1. The van der Waals surface area contributed by atoms with E-state index in [1.165, 1.54) is 29.5 Å². The minimum atomic E-state index is 0.292. The van der Waals surface area contributed by atoms with Crippen LogP contribution < -0.4 is 5.32 Å². The summed E-state index contributed by atoms with van der Waals surface area (Å²) in [5.41, 5.74) is 2.40. The Labute approximate surface area is 125 Å². The van der Waals surface area contributed by atoms with Crippen molar-refractivity contribution < 1.29 is 0 Å². The van der Waals surface area contributed by atoms with E-state index in [4.69, 9.17) is 0 Å². The number of para-hydroxylation sites is 1. The quantitative estimate of drug-likeness (QED) is 0.913. The normalized spacial score (nSPS) is 24.1. The molecule has 1 fully saturated rings. The number of nitrogens with one attached hydrogen (secondary N) is 1. The summed E-state index contributed by atoms with van der Waals surface area (Å²) in [6.45, 7) is 5.57. The van der Waals surface area contributed by atoms with Gasteiger partial charge in [-0.2, -0.15) is 11.8 Å². The first-order valence-corrected chi connectivity index (χ1v) is 8.43. The van der Waals surface area contributed by atoms with Crippen molar-refractivity contribution in [3.05, 3.63) is 42.1 Å². The first-order valence-electron chi connectivity index (χ1n) is 7.45. The molecule has 2 nitrogen and oxygen atoms in total. The number of hydrogen-bond acceptors (Lipinski definition) is 3. The van der Waals surface area contributed by atoms with Crippen LogP contribution in [0.5, 0.6) is 0 Å². The minimum Gasteiger partial charge on any atom is -0.309 e. The SMILES string of the molecule is CCNC(c1cnc2ccccc2c1)C1(C)CCCS1. The van der Waals surface area contributed by atoms with Crippen molar-refractivity contribution in [2.75, 3.05) is 12.3 Å². The van der Waals surface area contributed by atoms with Gasteiger partial charge in [-0.05, 0) is 49.8 Å². The van der Waals surface area contributed by atoms with Crippen LogP contribution in [0.4, 0.5) is 0 Å². The standard InChI is InChI=1S/C17H22N2S/c1-3-18-16(17(2)9-6-10-20-17)14-11-13-7-4-5-8-15(13)19-12-14/h4-5,7-8,11-12,16,18H,3,6,9-10H2,1-2H3. The van der Waals surface area contributed by atoms with Crippen LogP contribution in [-0.4, -0.2) is 22.0 Å². The Kier molecular flexibility index (Phi) is 3.99. The van der Waals surface area contributed by atoms with Gasteiger partial charge in [-0.25, -0.2) is 0 Å². The Balaban J connectivity index is 2.00. The molecule has 106 valence electrons. The third-order valence-corrected chi connectivity index (χ3v) is 5.81. The number of benzene rings is 1. The highest BCUT2D eigenvalue weighted by molar-refractivity contribution is 8.00. The molecular formula is C17H22N2S. The monoisotopic (exact) mass is 286 g/mol. The molecule has 0 saturated carbocycles. The first kappa shape index (κ1) is 13.9. The van der Waals surface area contributed by atoms with Crippen molar-refractivity contribution in [3.63, 3.8) is 0 Å². The molecule has 2 heterocycles. The van der Waals surface area contributed by atoms with Crippen LogP contribution in [0.2, 0.25) is 0 Å². The molecule has 2 aromatic rings. The van der Waals surface area contributed by atoms with Gasteiger partial charge in [-0.3, -0.25) is 4.98 Å². The molecule has 3 heteroatoms. The largest absolute Gasteiger partial charge is 0.309 e. The van der Waals surface area contributed by atoms with E-state index in [-0.39, 0.29) is 0 Å². The fourth-order valence-corrected chi connectivity index (χ4v) is 4.59. The smallest absolute Gasteiger partial charge is 0.0702 e. The number of rotatable bonds is 4. The van der Waals surface area contributed by atoms with Crippen LogP contribution in [0.25, 0.3) is 10.9 Å².